The van der Waals surface area contributed by atoms with E-state index in [9.17, 15) is 4.79 Å². The second-order valence-electron chi connectivity index (χ2n) is 4.67. The molecule has 4 heteroatoms. The molecule has 3 N–H and O–H groups in total. The minimum atomic E-state index is 0.0179. The zero-order valence-corrected chi connectivity index (χ0v) is 10.2. The maximum atomic E-state index is 12.2. The number of aliphatic hydroxyl groups excluding tert-OH is 1. The first-order chi connectivity index (χ1) is 7.70. The van der Waals surface area contributed by atoms with E-state index in [2.05, 4.69) is 0 Å². The Morgan fingerprint density at radius 1 is 1.56 bits per heavy atom. The average Bonchev–Trinajstić information content (AvgIpc) is 2.20. The molecule has 1 aliphatic rings. The van der Waals surface area contributed by atoms with Gasteiger partial charge < -0.3 is 15.7 Å². The van der Waals surface area contributed by atoms with Crippen molar-refractivity contribution in [3.05, 3.63) is 0 Å². The van der Waals surface area contributed by atoms with Gasteiger partial charge in [-0.05, 0) is 38.6 Å². The van der Waals surface area contributed by atoms with E-state index in [1.54, 1.807) is 0 Å². The van der Waals surface area contributed by atoms with E-state index in [4.69, 9.17) is 10.8 Å². The molecule has 1 atom stereocenters. The Balaban J connectivity index is 2.49. The predicted octanol–water partition coefficient (Wildman–Crippen LogP) is 0.735. The van der Waals surface area contributed by atoms with Gasteiger partial charge in [-0.25, -0.2) is 0 Å². The fourth-order valence-corrected chi connectivity index (χ4v) is 2.07. The highest BCUT2D eigenvalue weighted by Gasteiger charge is 2.30. The normalized spacial score (nSPS) is 17.9. The molecule has 1 unspecified atom stereocenters. The number of carbonyl (C=O) groups excluding carboxylic acids is 1. The van der Waals surface area contributed by atoms with Crippen molar-refractivity contribution in [1.29, 1.82) is 0 Å². The van der Waals surface area contributed by atoms with Gasteiger partial charge in [0, 0.05) is 25.1 Å². The van der Waals surface area contributed by atoms with Crippen LogP contribution in [0, 0.1) is 5.92 Å². The molecule has 1 rings (SSSR count). The maximum absolute atomic E-state index is 12.2. The Labute approximate surface area is 97.8 Å². The number of aliphatic hydroxyl groups is 1. The number of nitrogens with zero attached hydrogens (tertiary/aromatic N) is 1. The van der Waals surface area contributed by atoms with Gasteiger partial charge in [0.15, 0.2) is 0 Å². The van der Waals surface area contributed by atoms with Crippen molar-refractivity contribution < 1.29 is 9.90 Å². The number of amides is 1. The summed E-state index contributed by atoms with van der Waals surface area (Å²) in [6, 6.07) is 0.416. The largest absolute Gasteiger partial charge is 0.396 e. The van der Waals surface area contributed by atoms with Gasteiger partial charge in [-0.3, -0.25) is 4.79 Å². The van der Waals surface area contributed by atoms with Gasteiger partial charge in [0.25, 0.3) is 0 Å². The van der Waals surface area contributed by atoms with Crippen LogP contribution in [0.1, 0.15) is 39.0 Å². The number of rotatable bonds is 7. The molecule has 0 saturated heterocycles. The Morgan fingerprint density at radius 2 is 2.25 bits per heavy atom. The van der Waals surface area contributed by atoms with Crippen molar-refractivity contribution in [2.24, 2.45) is 11.7 Å². The topological polar surface area (TPSA) is 66.6 Å². The highest BCUT2D eigenvalue weighted by molar-refractivity contribution is 5.78. The van der Waals surface area contributed by atoms with Gasteiger partial charge >= 0.3 is 0 Å². The molecule has 1 amide bonds. The lowest BCUT2D eigenvalue weighted by Gasteiger charge is -2.39. The molecule has 0 bridgehead atoms. The van der Waals surface area contributed by atoms with Crippen LogP contribution in [0.4, 0.5) is 0 Å². The first-order valence-corrected chi connectivity index (χ1v) is 6.32. The van der Waals surface area contributed by atoms with Gasteiger partial charge in [-0.2, -0.15) is 0 Å². The summed E-state index contributed by atoms with van der Waals surface area (Å²) in [5.41, 5.74) is 5.48. The fourth-order valence-electron chi connectivity index (χ4n) is 2.07. The summed E-state index contributed by atoms with van der Waals surface area (Å²) in [7, 11) is 0. The van der Waals surface area contributed by atoms with Crippen molar-refractivity contribution in [2.45, 2.75) is 45.1 Å². The summed E-state index contributed by atoms with van der Waals surface area (Å²) in [4.78, 5) is 14.1. The maximum Gasteiger partial charge on any atom is 0.225 e. The molecule has 0 aromatic rings. The lowest BCUT2D eigenvalue weighted by molar-refractivity contribution is -0.139. The van der Waals surface area contributed by atoms with Crippen molar-refractivity contribution in [3.8, 4) is 0 Å². The quantitative estimate of drug-likeness (QED) is 0.675. The molecule has 0 heterocycles. The molecule has 0 spiro atoms. The molecule has 0 aromatic carbocycles. The smallest absolute Gasteiger partial charge is 0.225 e. The van der Waals surface area contributed by atoms with Gasteiger partial charge in [-0.15, -0.1) is 0 Å². The first kappa shape index (κ1) is 13.5. The second kappa shape index (κ2) is 6.86. The van der Waals surface area contributed by atoms with Crippen LogP contribution in [-0.2, 0) is 4.79 Å². The van der Waals surface area contributed by atoms with E-state index < -0.39 is 0 Å². The average molecular weight is 228 g/mol. The monoisotopic (exact) mass is 228 g/mol. The van der Waals surface area contributed by atoms with Crippen molar-refractivity contribution in [1.82, 2.24) is 4.90 Å². The molecule has 0 aliphatic heterocycles. The molecule has 1 saturated carbocycles. The van der Waals surface area contributed by atoms with Crippen LogP contribution in [0.2, 0.25) is 0 Å². The summed E-state index contributed by atoms with van der Waals surface area (Å²) < 4.78 is 0. The SMILES string of the molecule is CC(CCN)C(=O)N(CCCO)C1CCC1. The number of hydrogen-bond donors (Lipinski definition) is 2. The van der Waals surface area contributed by atoms with Crippen LogP contribution in [-0.4, -0.2) is 41.7 Å². The zero-order chi connectivity index (χ0) is 12.0. The number of nitrogens with two attached hydrogens (primary N) is 1. The van der Waals surface area contributed by atoms with E-state index in [0.717, 1.165) is 19.3 Å². The van der Waals surface area contributed by atoms with Crippen LogP contribution in [0.25, 0.3) is 0 Å². The Hall–Kier alpha value is -0.610. The molecule has 1 aliphatic carbocycles. The highest BCUT2D eigenvalue weighted by Crippen LogP contribution is 2.26. The Morgan fingerprint density at radius 3 is 2.69 bits per heavy atom. The lowest BCUT2D eigenvalue weighted by atomic mass is 9.90. The summed E-state index contributed by atoms with van der Waals surface area (Å²) in [6.45, 7) is 3.35. The van der Waals surface area contributed by atoms with Crippen molar-refractivity contribution in [2.75, 3.05) is 19.7 Å². The summed E-state index contributed by atoms with van der Waals surface area (Å²) in [5, 5.41) is 8.85. The van der Waals surface area contributed by atoms with Gasteiger partial charge in [0.2, 0.25) is 5.91 Å². The number of hydrogen-bond acceptors (Lipinski definition) is 3. The third-order valence-electron chi connectivity index (χ3n) is 3.38. The predicted molar refractivity (Wildman–Crippen MR) is 63.9 cm³/mol. The molecular weight excluding hydrogens is 204 g/mol. The third-order valence-corrected chi connectivity index (χ3v) is 3.38. The van der Waals surface area contributed by atoms with Crippen LogP contribution in [0.5, 0.6) is 0 Å². The molecule has 16 heavy (non-hydrogen) atoms. The Bertz CT molecular complexity index is 217. The lowest BCUT2D eigenvalue weighted by Crippen LogP contribution is -2.47. The summed E-state index contributed by atoms with van der Waals surface area (Å²) >= 11 is 0. The number of carbonyl (C=O) groups is 1. The van der Waals surface area contributed by atoms with Crippen molar-refractivity contribution >= 4 is 5.91 Å². The minimum absolute atomic E-state index is 0.0179. The summed E-state index contributed by atoms with van der Waals surface area (Å²) in [5.74, 6) is 0.230. The van der Waals surface area contributed by atoms with E-state index in [1.165, 1.54) is 6.42 Å². The van der Waals surface area contributed by atoms with Crippen LogP contribution in [0.3, 0.4) is 0 Å². The standard InChI is InChI=1S/C12H24N2O2/c1-10(6-7-13)12(16)14(8-3-9-15)11-4-2-5-11/h10-11,15H,2-9,13H2,1H3. The van der Waals surface area contributed by atoms with E-state index in [1.807, 2.05) is 11.8 Å². The van der Waals surface area contributed by atoms with Gasteiger partial charge in [0.05, 0.1) is 0 Å². The Kier molecular flexibility index (Phi) is 5.77. The molecule has 1 fully saturated rings. The third kappa shape index (κ3) is 3.46. The van der Waals surface area contributed by atoms with E-state index in [0.29, 0.717) is 25.6 Å². The molecule has 0 aromatic heterocycles. The second-order valence-corrected chi connectivity index (χ2v) is 4.67. The van der Waals surface area contributed by atoms with Crippen LogP contribution in [0.15, 0.2) is 0 Å². The van der Waals surface area contributed by atoms with E-state index >= 15 is 0 Å². The molecule has 94 valence electrons. The van der Waals surface area contributed by atoms with Gasteiger partial charge in [-0.1, -0.05) is 6.92 Å². The van der Waals surface area contributed by atoms with Crippen LogP contribution >= 0.6 is 0 Å². The zero-order valence-electron chi connectivity index (χ0n) is 10.2. The van der Waals surface area contributed by atoms with E-state index in [-0.39, 0.29) is 18.4 Å². The highest BCUT2D eigenvalue weighted by atomic mass is 16.3. The van der Waals surface area contributed by atoms with Gasteiger partial charge in [0.1, 0.15) is 0 Å². The molecule has 4 nitrogen and oxygen atoms in total. The molecule has 0 radical (unpaired) electrons. The van der Waals surface area contributed by atoms with Crippen molar-refractivity contribution in [3.63, 3.8) is 0 Å². The summed E-state index contributed by atoms with van der Waals surface area (Å²) in [6.07, 6.45) is 4.89. The van der Waals surface area contributed by atoms with Crippen LogP contribution < -0.4 is 5.73 Å². The first-order valence-electron chi connectivity index (χ1n) is 6.32. The molecular formula is C12H24N2O2. The minimum Gasteiger partial charge on any atom is -0.396 e. The fraction of sp³-hybridized carbons (Fsp3) is 0.917.